The number of halogens is 4. The maximum Gasteiger partial charge on any atom is 0.574 e. The van der Waals surface area contributed by atoms with Crippen molar-refractivity contribution >= 4 is 11.6 Å². The molecule has 0 atom stereocenters. The molecule has 0 aromatic carbocycles. The predicted molar refractivity (Wildman–Crippen MR) is 51.8 cm³/mol. The summed E-state index contributed by atoms with van der Waals surface area (Å²) >= 11 is 5.53. The van der Waals surface area contributed by atoms with Gasteiger partial charge in [0.15, 0.2) is 0 Å². The number of methoxy groups -OCH3 is 1. The Hall–Kier alpha value is -1.17. The summed E-state index contributed by atoms with van der Waals surface area (Å²) < 4.78 is 44.8. The van der Waals surface area contributed by atoms with Gasteiger partial charge in [-0.3, -0.25) is 0 Å². The molecule has 0 N–H and O–H groups in total. The Labute approximate surface area is 95.1 Å². The van der Waals surface area contributed by atoms with E-state index in [0.29, 0.717) is 5.56 Å². The van der Waals surface area contributed by atoms with Gasteiger partial charge in [-0.2, -0.15) is 4.98 Å². The van der Waals surface area contributed by atoms with Crippen molar-refractivity contribution in [1.29, 1.82) is 0 Å². The molecule has 0 saturated heterocycles. The summed E-state index contributed by atoms with van der Waals surface area (Å²) in [6.07, 6.45) is -4.80. The van der Waals surface area contributed by atoms with E-state index in [1.54, 1.807) is 6.92 Å². The zero-order chi connectivity index (χ0) is 12.3. The van der Waals surface area contributed by atoms with Gasteiger partial charge in [0.05, 0.1) is 13.0 Å². The molecule has 3 nitrogen and oxygen atoms in total. The van der Waals surface area contributed by atoms with E-state index in [0.717, 1.165) is 0 Å². The number of aromatic nitrogens is 1. The van der Waals surface area contributed by atoms with Gasteiger partial charge in [0.1, 0.15) is 0 Å². The largest absolute Gasteiger partial charge is 0.574 e. The number of aryl methyl sites for hydroxylation is 1. The molecule has 0 bridgehead atoms. The first kappa shape index (κ1) is 12.9. The Morgan fingerprint density at radius 3 is 2.50 bits per heavy atom. The fourth-order valence-electron chi connectivity index (χ4n) is 1.10. The molecular weight excluding hydrogens is 247 g/mol. The van der Waals surface area contributed by atoms with E-state index < -0.39 is 12.2 Å². The van der Waals surface area contributed by atoms with Crippen LogP contribution in [-0.2, 0) is 5.88 Å². The number of ether oxygens (including phenoxy) is 2. The number of hydrogen-bond donors (Lipinski definition) is 0. The van der Waals surface area contributed by atoms with Crippen LogP contribution in [0.3, 0.4) is 0 Å². The van der Waals surface area contributed by atoms with Gasteiger partial charge >= 0.3 is 6.36 Å². The summed E-state index contributed by atoms with van der Waals surface area (Å²) in [6, 6.07) is 1.49. The highest BCUT2D eigenvalue weighted by Crippen LogP contribution is 2.30. The minimum atomic E-state index is -4.80. The van der Waals surface area contributed by atoms with Crippen molar-refractivity contribution in [2.45, 2.75) is 19.2 Å². The molecule has 0 unspecified atom stereocenters. The third-order valence-corrected chi connectivity index (χ3v) is 2.11. The first-order valence-corrected chi connectivity index (χ1v) is 4.77. The van der Waals surface area contributed by atoms with E-state index >= 15 is 0 Å². The highest BCUT2D eigenvalue weighted by atomic mass is 35.5. The Morgan fingerprint density at radius 1 is 1.44 bits per heavy atom. The van der Waals surface area contributed by atoms with Gasteiger partial charge < -0.3 is 9.47 Å². The molecule has 0 aliphatic heterocycles. The summed E-state index contributed by atoms with van der Waals surface area (Å²) in [5, 5.41) is 0. The normalized spacial score (nSPS) is 11.4. The number of nitrogens with zero attached hydrogens (tertiary/aromatic N) is 1. The Morgan fingerprint density at radius 2 is 2.06 bits per heavy atom. The third-order valence-electron chi connectivity index (χ3n) is 1.84. The van der Waals surface area contributed by atoms with Crippen LogP contribution in [0.4, 0.5) is 13.2 Å². The maximum atomic E-state index is 12.1. The maximum absolute atomic E-state index is 12.1. The van der Waals surface area contributed by atoms with Crippen molar-refractivity contribution in [3.63, 3.8) is 0 Å². The fraction of sp³-hybridized carbons (Fsp3) is 0.444. The van der Waals surface area contributed by atoms with Crippen LogP contribution in [0.2, 0.25) is 0 Å². The van der Waals surface area contributed by atoms with Crippen LogP contribution in [0, 0.1) is 6.92 Å². The Kier molecular flexibility index (Phi) is 3.85. The first-order valence-electron chi connectivity index (χ1n) is 4.23. The molecule has 90 valence electrons. The molecule has 16 heavy (non-hydrogen) atoms. The van der Waals surface area contributed by atoms with E-state index in [4.69, 9.17) is 16.3 Å². The molecule has 0 spiro atoms. The number of alkyl halides is 4. The monoisotopic (exact) mass is 255 g/mol. The molecule has 0 radical (unpaired) electrons. The zero-order valence-electron chi connectivity index (χ0n) is 8.56. The smallest absolute Gasteiger partial charge is 0.481 e. The SMILES string of the molecule is COc1cc(C)c(CCl)c(OC(F)(F)F)n1. The summed E-state index contributed by atoms with van der Waals surface area (Å²) in [4.78, 5) is 3.56. The van der Waals surface area contributed by atoms with Crippen LogP contribution in [0.15, 0.2) is 6.07 Å². The second-order valence-corrected chi connectivity index (χ2v) is 3.21. The molecular formula is C9H9ClF3NO2. The lowest BCUT2D eigenvalue weighted by Crippen LogP contribution is -2.19. The molecule has 1 rings (SSSR count). The van der Waals surface area contributed by atoms with Gasteiger partial charge in [0, 0.05) is 11.6 Å². The van der Waals surface area contributed by atoms with Gasteiger partial charge in [0.2, 0.25) is 11.8 Å². The molecule has 0 aliphatic rings. The fourth-order valence-corrected chi connectivity index (χ4v) is 1.43. The predicted octanol–water partition coefficient (Wildman–Crippen LogP) is 3.04. The minimum Gasteiger partial charge on any atom is -0.481 e. The highest BCUT2D eigenvalue weighted by Gasteiger charge is 2.33. The van der Waals surface area contributed by atoms with E-state index in [2.05, 4.69) is 9.72 Å². The number of rotatable bonds is 3. The summed E-state index contributed by atoms with van der Waals surface area (Å²) in [6.45, 7) is 1.60. The van der Waals surface area contributed by atoms with E-state index in [9.17, 15) is 13.2 Å². The summed E-state index contributed by atoms with van der Waals surface area (Å²) in [7, 11) is 1.31. The van der Waals surface area contributed by atoms with Crippen molar-refractivity contribution in [2.24, 2.45) is 0 Å². The molecule has 7 heteroatoms. The quantitative estimate of drug-likeness (QED) is 0.778. The van der Waals surface area contributed by atoms with Gasteiger partial charge in [-0.05, 0) is 12.5 Å². The van der Waals surface area contributed by atoms with Crippen molar-refractivity contribution in [1.82, 2.24) is 4.98 Å². The summed E-state index contributed by atoms with van der Waals surface area (Å²) in [5.41, 5.74) is 0.723. The highest BCUT2D eigenvalue weighted by molar-refractivity contribution is 6.17. The van der Waals surface area contributed by atoms with Crippen LogP contribution >= 0.6 is 11.6 Å². The Balaban J connectivity index is 3.18. The van der Waals surface area contributed by atoms with Crippen LogP contribution in [0.1, 0.15) is 11.1 Å². The lowest BCUT2D eigenvalue weighted by atomic mass is 10.2. The molecule has 0 fully saturated rings. The van der Waals surface area contributed by atoms with Crippen LogP contribution in [0.25, 0.3) is 0 Å². The number of hydrogen-bond acceptors (Lipinski definition) is 3. The molecule has 0 aliphatic carbocycles. The lowest BCUT2D eigenvalue weighted by molar-refractivity contribution is -0.276. The van der Waals surface area contributed by atoms with Gasteiger partial charge in [0.25, 0.3) is 0 Å². The van der Waals surface area contributed by atoms with E-state index in [-0.39, 0.29) is 17.3 Å². The second-order valence-electron chi connectivity index (χ2n) is 2.95. The van der Waals surface area contributed by atoms with Crippen molar-refractivity contribution in [3.05, 3.63) is 17.2 Å². The molecule has 1 aromatic heterocycles. The molecule has 0 saturated carbocycles. The molecule has 0 amide bonds. The van der Waals surface area contributed by atoms with Gasteiger partial charge in [-0.15, -0.1) is 24.8 Å². The van der Waals surface area contributed by atoms with Gasteiger partial charge in [-0.25, -0.2) is 0 Å². The first-order chi connectivity index (χ1) is 7.37. The topological polar surface area (TPSA) is 31.4 Å². The second kappa shape index (κ2) is 4.78. The Bertz CT molecular complexity index is 382. The van der Waals surface area contributed by atoms with Crippen molar-refractivity contribution in [3.8, 4) is 11.8 Å². The van der Waals surface area contributed by atoms with E-state index in [1.807, 2.05) is 0 Å². The van der Waals surface area contributed by atoms with Crippen LogP contribution in [0.5, 0.6) is 11.8 Å². The zero-order valence-corrected chi connectivity index (χ0v) is 9.32. The van der Waals surface area contributed by atoms with Crippen LogP contribution < -0.4 is 9.47 Å². The van der Waals surface area contributed by atoms with Crippen molar-refractivity contribution in [2.75, 3.05) is 7.11 Å². The average Bonchev–Trinajstić information content (AvgIpc) is 2.14. The van der Waals surface area contributed by atoms with Crippen LogP contribution in [-0.4, -0.2) is 18.5 Å². The average molecular weight is 256 g/mol. The van der Waals surface area contributed by atoms with Gasteiger partial charge in [-0.1, -0.05) is 0 Å². The standard InChI is InChI=1S/C9H9ClF3NO2/c1-5-3-7(15-2)14-8(6(5)4-10)16-9(11,12)13/h3H,4H2,1-2H3. The van der Waals surface area contributed by atoms with Crippen molar-refractivity contribution < 1.29 is 22.6 Å². The molecule has 1 aromatic rings. The summed E-state index contributed by atoms with van der Waals surface area (Å²) in [5.74, 6) is -0.640. The van der Waals surface area contributed by atoms with E-state index in [1.165, 1.54) is 13.2 Å². The lowest BCUT2D eigenvalue weighted by Gasteiger charge is -2.13. The molecule has 1 heterocycles. The number of pyridine rings is 1. The minimum absolute atomic E-state index is 0.0469. The third kappa shape index (κ3) is 3.16.